The molecule has 1 aromatic rings. The van der Waals surface area contributed by atoms with Crippen molar-refractivity contribution in [3.63, 3.8) is 0 Å². The molecule has 0 bridgehead atoms. The molecule has 0 aliphatic rings. The molecule has 0 saturated carbocycles. The molecule has 0 radical (unpaired) electrons. The van der Waals surface area contributed by atoms with Gasteiger partial charge in [-0.2, -0.15) is 0 Å². The van der Waals surface area contributed by atoms with E-state index in [2.05, 4.69) is 17.2 Å². The lowest BCUT2D eigenvalue weighted by Crippen LogP contribution is -2.17. The van der Waals surface area contributed by atoms with Crippen molar-refractivity contribution in [3.8, 4) is 0 Å². The van der Waals surface area contributed by atoms with Crippen LogP contribution >= 0.6 is 12.2 Å². The van der Waals surface area contributed by atoms with E-state index in [4.69, 9.17) is 18.0 Å². The molecular formula is C14H20FN3S. The molecule has 1 aromatic carbocycles. The Morgan fingerprint density at radius 1 is 1.26 bits per heavy atom. The van der Waals surface area contributed by atoms with Crippen LogP contribution in [0.25, 0.3) is 0 Å². The van der Waals surface area contributed by atoms with Crippen LogP contribution in [0.15, 0.2) is 29.3 Å². The lowest BCUT2D eigenvalue weighted by molar-refractivity contribution is 0.628. The molecule has 0 aliphatic carbocycles. The van der Waals surface area contributed by atoms with Gasteiger partial charge in [-0.3, -0.25) is 0 Å². The summed E-state index contributed by atoms with van der Waals surface area (Å²) in [6.07, 6.45) is 5.35. The van der Waals surface area contributed by atoms with Gasteiger partial charge in [-0.15, -0.1) is 0 Å². The Morgan fingerprint density at radius 2 is 1.95 bits per heavy atom. The summed E-state index contributed by atoms with van der Waals surface area (Å²) in [4.78, 5) is 4.11. The molecule has 5 heteroatoms. The summed E-state index contributed by atoms with van der Waals surface area (Å²) in [6.45, 7) is 2.17. The van der Waals surface area contributed by atoms with Crippen LogP contribution in [0.3, 0.4) is 0 Å². The molecule has 3 nitrogen and oxygen atoms in total. The summed E-state index contributed by atoms with van der Waals surface area (Å²) in [7, 11) is 0. The number of halogens is 1. The molecule has 104 valence electrons. The number of anilines is 1. The number of nitrogens with two attached hydrogens (primary N) is 1. The van der Waals surface area contributed by atoms with Gasteiger partial charge in [0.2, 0.25) is 0 Å². The van der Waals surface area contributed by atoms with Gasteiger partial charge in [0.1, 0.15) is 11.7 Å². The van der Waals surface area contributed by atoms with Gasteiger partial charge in [0, 0.05) is 12.1 Å². The first-order valence-corrected chi connectivity index (χ1v) is 6.92. The average molecular weight is 281 g/mol. The minimum absolute atomic E-state index is 0.282. The summed E-state index contributed by atoms with van der Waals surface area (Å²) < 4.78 is 12.7. The Hall–Kier alpha value is -1.49. The van der Waals surface area contributed by atoms with Crippen LogP contribution in [0.5, 0.6) is 0 Å². The predicted octanol–water partition coefficient (Wildman–Crippen LogP) is 3.85. The van der Waals surface area contributed by atoms with Crippen molar-refractivity contribution in [2.75, 3.05) is 5.32 Å². The van der Waals surface area contributed by atoms with Crippen LogP contribution in [-0.2, 0) is 0 Å². The molecule has 0 saturated heterocycles. The van der Waals surface area contributed by atoms with Crippen molar-refractivity contribution >= 4 is 28.9 Å². The van der Waals surface area contributed by atoms with E-state index < -0.39 is 0 Å². The molecular weight excluding hydrogens is 261 g/mol. The van der Waals surface area contributed by atoms with Crippen LogP contribution < -0.4 is 11.1 Å². The predicted molar refractivity (Wildman–Crippen MR) is 83.0 cm³/mol. The maximum absolute atomic E-state index is 12.7. The van der Waals surface area contributed by atoms with E-state index >= 15 is 0 Å². The fraction of sp³-hybridized carbons (Fsp3) is 0.429. The molecule has 3 N–H and O–H groups in total. The second kappa shape index (κ2) is 8.58. The van der Waals surface area contributed by atoms with Gasteiger partial charge in [0.05, 0.1) is 0 Å². The van der Waals surface area contributed by atoms with Crippen LogP contribution in [0.1, 0.15) is 39.0 Å². The molecule has 0 amide bonds. The molecule has 1 rings (SSSR count). The van der Waals surface area contributed by atoms with Crippen molar-refractivity contribution < 1.29 is 4.39 Å². The second-order valence-electron chi connectivity index (χ2n) is 4.35. The monoisotopic (exact) mass is 281 g/mol. The first-order chi connectivity index (χ1) is 9.11. The van der Waals surface area contributed by atoms with Crippen LogP contribution in [0, 0.1) is 5.82 Å². The van der Waals surface area contributed by atoms with Gasteiger partial charge in [-0.1, -0.05) is 26.2 Å². The third-order valence-electron chi connectivity index (χ3n) is 2.63. The Morgan fingerprint density at radius 3 is 2.58 bits per heavy atom. The third kappa shape index (κ3) is 6.86. The highest BCUT2D eigenvalue weighted by molar-refractivity contribution is 7.80. The third-order valence-corrected chi connectivity index (χ3v) is 2.82. The van der Waals surface area contributed by atoms with Crippen LogP contribution in [0.4, 0.5) is 10.1 Å². The zero-order valence-electron chi connectivity index (χ0n) is 11.2. The van der Waals surface area contributed by atoms with Crippen LogP contribution in [-0.4, -0.2) is 10.9 Å². The van der Waals surface area contributed by atoms with Gasteiger partial charge in [0.25, 0.3) is 0 Å². The first-order valence-electron chi connectivity index (χ1n) is 6.51. The van der Waals surface area contributed by atoms with Gasteiger partial charge < -0.3 is 11.1 Å². The van der Waals surface area contributed by atoms with Crippen LogP contribution in [0.2, 0.25) is 0 Å². The number of nitrogens with one attached hydrogen (secondary N) is 1. The molecule has 19 heavy (non-hydrogen) atoms. The molecule has 0 heterocycles. The quantitative estimate of drug-likeness (QED) is 0.360. The van der Waals surface area contributed by atoms with Gasteiger partial charge in [0.15, 0.2) is 5.11 Å². The van der Waals surface area contributed by atoms with Crippen molar-refractivity contribution in [1.29, 1.82) is 0 Å². The summed E-state index contributed by atoms with van der Waals surface area (Å²) in [5, 5.41) is 3.20. The zero-order valence-corrected chi connectivity index (χ0v) is 12.0. The minimum atomic E-state index is -0.282. The average Bonchev–Trinajstić information content (AvgIpc) is 2.37. The first kappa shape index (κ1) is 15.6. The summed E-state index contributed by atoms with van der Waals surface area (Å²) >= 11 is 5.07. The number of unbranched alkanes of at least 4 members (excludes halogenated alkanes) is 3. The second-order valence-corrected chi connectivity index (χ2v) is 4.74. The Kier molecular flexibility index (Phi) is 7.03. The maximum atomic E-state index is 12.7. The lowest BCUT2D eigenvalue weighted by Gasteiger charge is -2.05. The molecule has 0 atom stereocenters. The van der Waals surface area contributed by atoms with Gasteiger partial charge >= 0.3 is 0 Å². The molecule has 0 aliphatic heterocycles. The fourth-order valence-corrected chi connectivity index (χ4v) is 1.84. The Balaban J connectivity index is 2.38. The van der Waals surface area contributed by atoms with Crippen molar-refractivity contribution in [3.05, 3.63) is 30.1 Å². The number of rotatable bonds is 6. The highest BCUT2D eigenvalue weighted by atomic mass is 32.1. The van der Waals surface area contributed by atoms with E-state index in [1.165, 1.54) is 25.0 Å². The van der Waals surface area contributed by atoms with Crippen molar-refractivity contribution in [2.24, 2.45) is 10.7 Å². The van der Waals surface area contributed by atoms with E-state index in [1.54, 1.807) is 12.1 Å². The minimum Gasteiger partial charge on any atom is -0.387 e. The van der Waals surface area contributed by atoms with Crippen molar-refractivity contribution in [2.45, 2.75) is 39.0 Å². The summed E-state index contributed by atoms with van der Waals surface area (Å²) in [6, 6.07) is 5.94. The fourth-order valence-electron chi connectivity index (χ4n) is 1.60. The number of benzene rings is 1. The van der Waals surface area contributed by atoms with Gasteiger partial charge in [-0.25, -0.2) is 9.38 Å². The normalized spacial score (nSPS) is 11.4. The molecule has 0 spiro atoms. The maximum Gasteiger partial charge on any atom is 0.198 e. The van der Waals surface area contributed by atoms with E-state index in [0.717, 1.165) is 19.3 Å². The Labute approximate surface area is 119 Å². The van der Waals surface area contributed by atoms with E-state index in [-0.39, 0.29) is 5.82 Å². The molecule has 0 aromatic heterocycles. The number of nitrogens with zero attached hydrogens (tertiary/aromatic N) is 1. The number of thiocarbonyl (C=S) groups is 1. The number of aliphatic imine (C=N–C) groups is 1. The SMILES string of the molecule is CCCCCCC(N)=NC(=S)Nc1ccc(F)cc1. The topological polar surface area (TPSA) is 50.4 Å². The van der Waals surface area contributed by atoms with E-state index in [1.807, 2.05) is 0 Å². The lowest BCUT2D eigenvalue weighted by atomic mass is 10.1. The smallest absolute Gasteiger partial charge is 0.198 e. The highest BCUT2D eigenvalue weighted by Gasteiger charge is 1.99. The van der Waals surface area contributed by atoms with Gasteiger partial charge in [-0.05, 0) is 42.9 Å². The molecule has 0 fully saturated rings. The number of hydrogen-bond donors (Lipinski definition) is 2. The number of hydrogen-bond acceptors (Lipinski definition) is 1. The van der Waals surface area contributed by atoms with E-state index in [0.29, 0.717) is 16.6 Å². The standard InChI is InChI=1S/C14H20FN3S/c1-2-3-4-5-6-13(16)18-14(19)17-12-9-7-11(15)8-10-12/h7-10H,2-6H2,1H3,(H3,16,17,18,19). The van der Waals surface area contributed by atoms with Crippen molar-refractivity contribution in [1.82, 2.24) is 0 Å². The largest absolute Gasteiger partial charge is 0.387 e. The zero-order chi connectivity index (χ0) is 14.1. The highest BCUT2D eigenvalue weighted by Crippen LogP contribution is 2.09. The summed E-state index contributed by atoms with van der Waals surface area (Å²) in [5.41, 5.74) is 6.50. The summed E-state index contributed by atoms with van der Waals surface area (Å²) in [5.74, 6) is 0.256. The van der Waals surface area contributed by atoms with E-state index in [9.17, 15) is 4.39 Å². The number of amidine groups is 1. The molecule has 0 unspecified atom stereocenters. The Bertz CT molecular complexity index is 429.